The van der Waals surface area contributed by atoms with Crippen LogP contribution in [0.25, 0.3) is 0 Å². The van der Waals surface area contributed by atoms with Gasteiger partial charge in [-0.15, -0.1) is 0 Å². The molecule has 1 aromatic heterocycles. The fourth-order valence-corrected chi connectivity index (χ4v) is 3.49. The summed E-state index contributed by atoms with van der Waals surface area (Å²) >= 11 is 0. The third-order valence-electron chi connectivity index (χ3n) is 4.84. The molecule has 3 heterocycles. The summed E-state index contributed by atoms with van der Waals surface area (Å²) in [4.78, 5) is 17.9. The van der Waals surface area contributed by atoms with Crippen LogP contribution >= 0.6 is 0 Å². The first-order valence-electron chi connectivity index (χ1n) is 8.73. The van der Waals surface area contributed by atoms with Gasteiger partial charge in [-0.05, 0) is 26.2 Å². The number of carbonyl (C=O) groups excluding carboxylic acids is 1. The monoisotopic (exact) mass is 338 g/mol. The Morgan fingerprint density at radius 2 is 2.25 bits per heavy atom. The maximum absolute atomic E-state index is 12.3. The molecule has 2 fully saturated rings. The molecule has 0 saturated carbocycles. The molecule has 2 aliphatic heterocycles. The standard InChI is InChI=1S/C17H26N2O5/c1-2-21-9-10-22-14-3-8-24-17(11-14)4-6-19(7-5-17)16(20)15-12-18-13-23-15/h12-14H,2-11H2,1H3. The van der Waals surface area contributed by atoms with E-state index in [-0.39, 0.29) is 17.6 Å². The molecule has 2 aliphatic rings. The number of likely N-dealkylation sites (tertiary alicyclic amines) is 1. The van der Waals surface area contributed by atoms with Gasteiger partial charge in [0.1, 0.15) is 0 Å². The van der Waals surface area contributed by atoms with Crippen molar-refractivity contribution in [2.75, 3.05) is 39.5 Å². The first-order chi connectivity index (χ1) is 11.7. The van der Waals surface area contributed by atoms with Crippen molar-refractivity contribution < 1.29 is 23.4 Å². The molecule has 1 amide bonds. The molecule has 24 heavy (non-hydrogen) atoms. The SMILES string of the molecule is CCOCCOC1CCOC2(CCN(C(=O)c3cnco3)CC2)C1. The van der Waals surface area contributed by atoms with Gasteiger partial charge in [-0.25, -0.2) is 4.98 Å². The summed E-state index contributed by atoms with van der Waals surface area (Å²) in [5.41, 5.74) is -0.160. The average Bonchev–Trinajstić information content (AvgIpc) is 3.14. The predicted octanol–water partition coefficient (Wildman–Crippen LogP) is 1.88. The molecular weight excluding hydrogens is 312 g/mol. The summed E-state index contributed by atoms with van der Waals surface area (Å²) in [5, 5.41) is 0. The van der Waals surface area contributed by atoms with Gasteiger partial charge in [-0.2, -0.15) is 0 Å². The Hall–Kier alpha value is -1.44. The van der Waals surface area contributed by atoms with Gasteiger partial charge in [0.2, 0.25) is 5.76 Å². The van der Waals surface area contributed by atoms with Crippen molar-refractivity contribution in [1.29, 1.82) is 0 Å². The molecule has 7 nitrogen and oxygen atoms in total. The summed E-state index contributed by atoms with van der Waals surface area (Å²) < 4.78 is 22.5. The number of carbonyl (C=O) groups is 1. The Morgan fingerprint density at radius 3 is 2.96 bits per heavy atom. The van der Waals surface area contributed by atoms with E-state index < -0.39 is 0 Å². The minimum Gasteiger partial charge on any atom is -0.438 e. The van der Waals surface area contributed by atoms with E-state index >= 15 is 0 Å². The smallest absolute Gasteiger partial charge is 0.291 e. The minimum atomic E-state index is -0.160. The highest BCUT2D eigenvalue weighted by atomic mass is 16.5. The van der Waals surface area contributed by atoms with Gasteiger partial charge in [0.05, 0.1) is 31.1 Å². The van der Waals surface area contributed by atoms with E-state index in [1.165, 1.54) is 12.6 Å². The molecule has 1 aromatic rings. The van der Waals surface area contributed by atoms with E-state index in [1.54, 1.807) is 0 Å². The topological polar surface area (TPSA) is 74.0 Å². The van der Waals surface area contributed by atoms with Crippen LogP contribution in [-0.2, 0) is 14.2 Å². The molecular formula is C17H26N2O5. The first kappa shape index (κ1) is 17.4. The summed E-state index contributed by atoms with van der Waals surface area (Å²) in [7, 11) is 0. The Bertz CT molecular complexity index is 511. The van der Waals surface area contributed by atoms with Crippen LogP contribution in [0.3, 0.4) is 0 Å². The van der Waals surface area contributed by atoms with E-state index in [9.17, 15) is 4.79 Å². The van der Waals surface area contributed by atoms with Crippen molar-refractivity contribution in [2.45, 2.75) is 44.3 Å². The van der Waals surface area contributed by atoms with E-state index in [4.69, 9.17) is 18.6 Å². The lowest BCUT2D eigenvalue weighted by Crippen LogP contribution is -2.52. The molecule has 3 rings (SSSR count). The number of oxazole rings is 1. The number of hydrogen-bond donors (Lipinski definition) is 0. The fraction of sp³-hybridized carbons (Fsp3) is 0.765. The molecule has 1 spiro atoms. The highest BCUT2D eigenvalue weighted by Crippen LogP contribution is 2.36. The van der Waals surface area contributed by atoms with Crippen LogP contribution in [0.15, 0.2) is 17.0 Å². The number of nitrogens with zero attached hydrogens (tertiary/aromatic N) is 2. The van der Waals surface area contributed by atoms with Crippen LogP contribution in [0.1, 0.15) is 43.2 Å². The average molecular weight is 338 g/mol. The van der Waals surface area contributed by atoms with Gasteiger partial charge < -0.3 is 23.5 Å². The lowest BCUT2D eigenvalue weighted by atomic mass is 9.83. The molecule has 1 atom stereocenters. The van der Waals surface area contributed by atoms with Crippen molar-refractivity contribution in [1.82, 2.24) is 9.88 Å². The molecule has 0 bridgehead atoms. The van der Waals surface area contributed by atoms with Crippen molar-refractivity contribution in [3.63, 3.8) is 0 Å². The van der Waals surface area contributed by atoms with Gasteiger partial charge in [0.25, 0.3) is 5.91 Å². The first-order valence-corrected chi connectivity index (χ1v) is 8.73. The lowest BCUT2D eigenvalue weighted by Gasteiger charge is -2.45. The molecule has 0 aromatic carbocycles. The Labute approximate surface area is 142 Å². The maximum Gasteiger partial charge on any atom is 0.291 e. The Kier molecular flexibility index (Phi) is 5.86. The van der Waals surface area contributed by atoms with Gasteiger partial charge >= 0.3 is 0 Å². The molecule has 0 radical (unpaired) electrons. The van der Waals surface area contributed by atoms with Crippen molar-refractivity contribution >= 4 is 5.91 Å². The summed E-state index contributed by atoms with van der Waals surface area (Å²) in [6, 6.07) is 0. The summed E-state index contributed by atoms with van der Waals surface area (Å²) in [5.74, 6) is 0.204. The molecule has 1 unspecified atom stereocenters. The van der Waals surface area contributed by atoms with Crippen molar-refractivity contribution in [3.05, 3.63) is 18.4 Å². The third kappa shape index (κ3) is 4.15. The molecule has 2 saturated heterocycles. The van der Waals surface area contributed by atoms with Crippen LogP contribution in [0, 0.1) is 0 Å². The van der Waals surface area contributed by atoms with E-state index in [2.05, 4.69) is 4.98 Å². The minimum absolute atomic E-state index is 0.0947. The second kappa shape index (κ2) is 8.09. The number of rotatable bonds is 6. The Morgan fingerprint density at radius 1 is 1.42 bits per heavy atom. The van der Waals surface area contributed by atoms with Crippen LogP contribution in [0.4, 0.5) is 0 Å². The highest BCUT2D eigenvalue weighted by Gasteiger charge is 2.41. The Balaban J connectivity index is 1.48. The molecule has 0 aliphatic carbocycles. The number of amides is 1. The second-order valence-corrected chi connectivity index (χ2v) is 6.37. The van der Waals surface area contributed by atoms with Crippen LogP contribution < -0.4 is 0 Å². The van der Waals surface area contributed by atoms with Gasteiger partial charge in [-0.3, -0.25) is 4.79 Å². The second-order valence-electron chi connectivity index (χ2n) is 6.37. The fourth-order valence-electron chi connectivity index (χ4n) is 3.49. The van der Waals surface area contributed by atoms with E-state index in [1.807, 2.05) is 11.8 Å². The zero-order chi connectivity index (χ0) is 16.8. The lowest BCUT2D eigenvalue weighted by molar-refractivity contribution is -0.155. The number of aromatic nitrogens is 1. The summed E-state index contributed by atoms with van der Waals surface area (Å²) in [6.45, 7) is 6.03. The van der Waals surface area contributed by atoms with Crippen LogP contribution in [0.5, 0.6) is 0 Å². The zero-order valence-electron chi connectivity index (χ0n) is 14.2. The van der Waals surface area contributed by atoms with Crippen LogP contribution in [-0.4, -0.2) is 67.0 Å². The maximum atomic E-state index is 12.3. The number of ether oxygens (including phenoxy) is 3. The van der Waals surface area contributed by atoms with Crippen molar-refractivity contribution in [2.24, 2.45) is 0 Å². The normalized spacial score (nSPS) is 23.5. The predicted molar refractivity (Wildman–Crippen MR) is 85.8 cm³/mol. The highest BCUT2D eigenvalue weighted by molar-refractivity contribution is 5.91. The largest absolute Gasteiger partial charge is 0.438 e. The number of hydrogen-bond acceptors (Lipinski definition) is 6. The molecule has 7 heteroatoms. The third-order valence-corrected chi connectivity index (χ3v) is 4.84. The van der Waals surface area contributed by atoms with Gasteiger partial charge in [-0.1, -0.05) is 0 Å². The molecule has 0 N–H and O–H groups in total. The van der Waals surface area contributed by atoms with Gasteiger partial charge in [0.15, 0.2) is 6.39 Å². The summed E-state index contributed by atoms with van der Waals surface area (Å²) in [6.07, 6.45) is 6.45. The van der Waals surface area contributed by atoms with E-state index in [0.29, 0.717) is 32.1 Å². The van der Waals surface area contributed by atoms with Crippen LogP contribution in [0.2, 0.25) is 0 Å². The van der Waals surface area contributed by atoms with Gasteiger partial charge in [0, 0.05) is 32.7 Å². The molecule has 134 valence electrons. The van der Waals surface area contributed by atoms with E-state index in [0.717, 1.165) is 38.9 Å². The van der Waals surface area contributed by atoms with Crippen molar-refractivity contribution in [3.8, 4) is 0 Å². The number of piperidine rings is 1. The quantitative estimate of drug-likeness (QED) is 0.738. The zero-order valence-corrected chi connectivity index (χ0v) is 14.2.